The molecule has 0 aliphatic rings. The molecule has 2 N–H and O–H groups in total. The Morgan fingerprint density at radius 3 is 2.38 bits per heavy atom. The molecule has 5 heteroatoms. The van der Waals surface area contributed by atoms with E-state index in [1.807, 2.05) is 0 Å². The van der Waals surface area contributed by atoms with Gasteiger partial charge >= 0.3 is 5.97 Å². The molecule has 0 aliphatic carbocycles. The normalized spacial score (nSPS) is 11.9. The standard InChI is InChI=1S/C11H12INO3/c1-2-9(11(15)16)13-10(14)7-3-5-8(12)6-4-7/h3-6,9H,2H2,1H3,(H,13,14)(H,15,16)/t9-/m0/s1. The van der Waals surface area contributed by atoms with E-state index in [0.717, 1.165) is 3.57 Å². The lowest BCUT2D eigenvalue weighted by atomic mass is 10.1. The van der Waals surface area contributed by atoms with Crippen LogP contribution in [0.4, 0.5) is 0 Å². The first-order chi connectivity index (χ1) is 7.54. The van der Waals surface area contributed by atoms with E-state index in [4.69, 9.17) is 5.11 Å². The van der Waals surface area contributed by atoms with Crippen molar-refractivity contribution in [3.05, 3.63) is 33.4 Å². The van der Waals surface area contributed by atoms with E-state index in [2.05, 4.69) is 27.9 Å². The van der Waals surface area contributed by atoms with Gasteiger partial charge in [-0.05, 0) is 53.3 Å². The molecule has 0 spiro atoms. The lowest BCUT2D eigenvalue weighted by Crippen LogP contribution is -2.40. The summed E-state index contributed by atoms with van der Waals surface area (Å²) in [5, 5.41) is 11.3. The van der Waals surface area contributed by atoms with E-state index in [9.17, 15) is 9.59 Å². The van der Waals surface area contributed by atoms with E-state index in [-0.39, 0.29) is 5.91 Å². The predicted octanol–water partition coefficient (Wildman–Crippen LogP) is 1.88. The van der Waals surface area contributed by atoms with E-state index in [1.54, 1.807) is 31.2 Å². The summed E-state index contributed by atoms with van der Waals surface area (Å²) in [6.45, 7) is 1.72. The maximum atomic E-state index is 11.7. The monoisotopic (exact) mass is 333 g/mol. The van der Waals surface area contributed by atoms with Crippen molar-refractivity contribution in [3.63, 3.8) is 0 Å². The van der Waals surface area contributed by atoms with Crippen molar-refractivity contribution in [2.75, 3.05) is 0 Å². The third-order valence-electron chi connectivity index (χ3n) is 2.12. The average Bonchev–Trinajstić information content (AvgIpc) is 2.26. The van der Waals surface area contributed by atoms with E-state index in [1.165, 1.54) is 0 Å². The molecule has 1 aromatic carbocycles. The van der Waals surface area contributed by atoms with Crippen LogP contribution < -0.4 is 5.32 Å². The van der Waals surface area contributed by atoms with Gasteiger partial charge in [0.25, 0.3) is 5.91 Å². The summed E-state index contributed by atoms with van der Waals surface area (Å²) in [4.78, 5) is 22.4. The summed E-state index contributed by atoms with van der Waals surface area (Å²) >= 11 is 2.14. The number of carbonyl (C=O) groups is 2. The third-order valence-corrected chi connectivity index (χ3v) is 2.84. The highest BCUT2D eigenvalue weighted by atomic mass is 127. The first-order valence-corrected chi connectivity index (χ1v) is 5.91. The highest BCUT2D eigenvalue weighted by Crippen LogP contribution is 2.07. The fourth-order valence-electron chi connectivity index (χ4n) is 1.18. The zero-order chi connectivity index (χ0) is 12.1. The maximum absolute atomic E-state index is 11.7. The molecule has 16 heavy (non-hydrogen) atoms. The Labute approximate surface area is 107 Å². The summed E-state index contributed by atoms with van der Waals surface area (Å²) < 4.78 is 1.03. The van der Waals surface area contributed by atoms with Crippen molar-refractivity contribution in [2.24, 2.45) is 0 Å². The fraction of sp³-hybridized carbons (Fsp3) is 0.273. The lowest BCUT2D eigenvalue weighted by Gasteiger charge is -2.12. The van der Waals surface area contributed by atoms with E-state index >= 15 is 0 Å². The zero-order valence-electron chi connectivity index (χ0n) is 8.74. The van der Waals surface area contributed by atoms with Gasteiger partial charge in [0.2, 0.25) is 0 Å². The second-order valence-electron chi connectivity index (χ2n) is 3.28. The molecule has 4 nitrogen and oxygen atoms in total. The van der Waals surface area contributed by atoms with Gasteiger partial charge in [-0.2, -0.15) is 0 Å². The molecule has 0 aliphatic heterocycles. The minimum Gasteiger partial charge on any atom is -0.480 e. The molecular formula is C11H12INO3. The number of aliphatic carboxylic acids is 1. The topological polar surface area (TPSA) is 66.4 Å². The van der Waals surface area contributed by atoms with Crippen LogP contribution in [-0.4, -0.2) is 23.0 Å². The Morgan fingerprint density at radius 2 is 1.94 bits per heavy atom. The number of nitrogens with one attached hydrogen (secondary N) is 1. The van der Waals surface area contributed by atoms with E-state index in [0.29, 0.717) is 12.0 Å². The smallest absolute Gasteiger partial charge is 0.326 e. The molecule has 0 fully saturated rings. The van der Waals surface area contributed by atoms with Crippen molar-refractivity contribution in [1.29, 1.82) is 0 Å². The number of carbonyl (C=O) groups excluding carboxylic acids is 1. The molecule has 0 radical (unpaired) electrons. The SMILES string of the molecule is CC[C@H](NC(=O)c1ccc(I)cc1)C(=O)O. The molecular weight excluding hydrogens is 321 g/mol. The third kappa shape index (κ3) is 3.48. The quantitative estimate of drug-likeness (QED) is 0.827. The largest absolute Gasteiger partial charge is 0.480 e. The van der Waals surface area contributed by atoms with Crippen molar-refractivity contribution in [3.8, 4) is 0 Å². The van der Waals surface area contributed by atoms with Crippen LogP contribution in [0.5, 0.6) is 0 Å². The van der Waals surface area contributed by atoms with Crippen LogP contribution in [0.2, 0.25) is 0 Å². The van der Waals surface area contributed by atoms with Crippen molar-refractivity contribution in [1.82, 2.24) is 5.32 Å². The second kappa shape index (κ2) is 5.83. The van der Waals surface area contributed by atoms with Gasteiger partial charge in [0.1, 0.15) is 6.04 Å². The van der Waals surface area contributed by atoms with Crippen LogP contribution in [0.25, 0.3) is 0 Å². The summed E-state index contributed by atoms with van der Waals surface area (Å²) in [6, 6.07) is 6.12. The van der Waals surface area contributed by atoms with E-state index < -0.39 is 12.0 Å². The van der Waals surface area contributed by atoms with Gasteiger partial charge < -0.3 is 10.4 Å². The van der Waals surface area contributed by atoms with Crippen molar-refractivity contribution < 1.29 is 14.7 Å². The molecule has 1 rings (SSSR count). The van der Waals surface area contributed by atoms with Crippen LogP contribution in [-0.2, 0) is 4.79 Å². The van der Waals surface area contributed by atoms with Gasteiger partial charge in [0, 0.05) is 9.13 Å². The number of rotatable bonds is 4. The minimum absolute atomic E-state index is 0.356. The molecule has 0 aromatic heterocycles. The van der Waals surface area contributed by atoms with Crippen LogP contribution in [0.15, 0.2) is 24.3 Å². The van der Waals surface area contributed by atoms with Gasteiger partial charge in [-0.15, -0.1) is 0 Å². The van der Waals surface area contributed by atoms with Gasteiger partial charge in [0.15, 0.2) is 0 Å². The Bertz CT molecular complexity index is 389. The molecule has 0 bridgehead atoms. The predicted molar refractivity (Wildman–Crippen MR) is 68.3 cm³/mol. The molecule has 1 aromatic rings. The first kappa shape index (κ1) is 13.0. The Hall–Kier alpha value is -1.11. The Kier molecular flexibility index (Phi) is 4.72. The number of benzene rings is 1. The number of hydrogen-bond acceptors (Lipinski definition) is 2. The fourth-order valence-corrected chi connectivity index (χ4v) is 1.54. The average molecular weight is 333 g/mol. The first-order valence-electron chi connectivity index (χ1n) is 4.83. The van der Waals surface area contributed by atoms with Gasteiger partial charge in [-0.1, -0.05) is 6.92 Å². The van der Waals surface area contributed by atoms with Gasteiger partial charge in [0.05, 0.1) is 0 Å². The highest BCUT2D eigenvalue weighted by molar-refractivity contribution is 14.1. The molecule has 0 saturated carbocycles. The second-order valence-corrected chi connectivity index (χ2v) is 4.53. The van der Waals surface area contributed by atoms with Gasteiger partial charge in [-0.3, -0.25) is 4.79 Å². The number of hydrogen-bond donors (Lipinski definition) is 2. The Morgan fingerprint density at radius 1 is 1.38 bits per heavy atom. The van der Waals surface area contributed by atoms with Crippen molar-refractivity contribution in [2.45, 2.75) is 19.4 Å². The molecule has 0 unspecified atom stereocenters. The zero-order valence-corrected chi connectivity index (χ0v) is 10.9. The minimum atomic E-state index is -1.01. The summed E-state index contributed by atoms with van der Waals surface area (Å²) in [6.07, 6.45) is 0.367. The van der Waals surface area contributed by atoms with Crippen LogP contribution in [0.3, 0.4) is 0 Å². The molecule has 0 saturated heterocycles. The summed E-state index contributed by atoms with van der Waals surface area (Å²) in [7, 11) is 0. The molecule has 1 amide bonds. The van der Waals surface area contributed by atoms with Crippen LogP contribution in [0.1, 0.15) is 23.7 Å². The summed E-state index contributed by atoms with van der Waals surface area (Å²) in [5.41, 5.74) is 0.472. The number of carboxylic acids is 1. The maximum Gasteiger partial charge on any atom is 0.326 e. The van der Waals surface area contributed by atoms with Crippen molar-refractivity contribution >= 4 is 34.5 Å². The molecule has 0 heterocycles. The lowest BCUT2D eigenvalue weighted by molar-refractivity contribution is -0.139. The summed E-state index contributed by atoms with van der Waals surface area (Å²) in [5.74, 6) is -1.37. The Balaban J connectivity index is 2.71. The molecule has 1 atom stereocenters. The van der Waals surface area contributed by atoms with Gasteiger partial charge in [-0.25, -0.2) is 4.79 Å². The number of halogens is 1. The number of carboxylic acid groups (broad SMARTS) is 1. The van der Waals surface area contributed by atoms with Crippen LogP contribution >= 0.6 is 22.6 Å². The highest BCUT2D eigenvalue weighted by Gasteiger charge is 2.18. The van der Waals surface area contributed by atoms with Crippen LogP contribution in [0, 0.1) is 3.57 Å². The number of amides is 1. The molecule has 86 valence electrons.